The van der Waals surface area contributed by atoms with Crippen molar-refractivity contribution >= 4 is 11.6 Å². The molecule has 0 aromatic heterocycles. The molecule has 3 aliphatic rings. The lowest BCUT2D eigenvalue weighted by Gasteiger charge is -2.40. The normalized spacial score (nSPS) is 24.4. The topological polar surface area (TPSA) is 44.8 Å². The third-order valence-corrected chi connectivity index (χ3v) is 7.87. The number of anilines is 1. The minimum Gasteiger partial charge on any atom is -0.375 e. The smallest absolute Gasteiger partial charge is 0.237 e. The highest BCUT2D eigenvalue weighted by Gasteiger charge is 2.52. The maximum atomic E-state index is 13.6. The molecule has 0 saturated carbocycles. The van der Waals surface area contributed by atoms with E-state index in [4.69, 9.17) is 4.74 Å². The predicted octanol–water partition coefficient (Wildman–Crippen LogP) is 4.35. The van der Waals surface area contributed by atoms with E-state index in [0.717, 1.165) is 55.1 Å². The molecule has 1 N–H and O–H groups in total. The molecule has 6 rings (SSSR count). The number of nitrogens with one attached hydrogen (secondary N) is 1. The van der Waals surface area contributed by atoms with Gasteiger partial charge in [0, 0.05) is 38.4 Å². The maximum Gasteiger partial charge on any atom is 0.237 e. The zero-order valence-electron chi connectivity index (χ0n) is 20.0. The highest BCUT2D eigenvalue weighted by atomic mass is 19.1. The van der Waals surface area contributed by atoms with Crippen LogP contribution in [0.4, 0.5) is 14.5 Å². The van der Waals surface area contributed by atoms with E-state index in [0.29, 0.717) is 13.0 Å². The van der Waals surface area contributed by atoms with Gasteiger partial charge in [-0.3, -0.25) is 14.6 Å². The van der Waals surface area contributed by atoms with Gasteiger partial charge in [-0.2, -0.15) is 0 Å². The lowest BCUT2D eigenvalue weighted by molar-refractivity contribution is -0.120. The van der Waals surface area contributed by atoms with Gasteiger partial charge in [0.05, 0.1) is 18.8 Å². The first-order chi connectivity index (χ1) is 17.5. The van der Waals surface area contributed by atoms with Crippen molar-refractivity contribution in [3.05, 3.63) is 101 Å². The van der Waals surface area contributed by atoms with Crippen LogP contribution in [-0.2, 0) is 14.9 Å². The Morgan fingerprint density at radius 1 is 0.889 bits per heavy atom. The molecule has 2 fully saturated rings. The van der Waals surface area contributed by atoms with Crippen LogP contribution in [0.25, 0.3) is 0 Å². The Morgan fingerprint density at radius 3 is 2.14 bits per heavy atom. The molecule has 0 bridgehead atoms. The second-order valence-corrected chi connectivity index (χ2v) is 10.1. The van der Waals surface area contributed by atoms with Gasteiger partial charge in [0.2, 0.25) is 5.91 Å². The number of halogens is 2. The zero-order chi connectivity index (χ0) is 24.7. The van der Waals surface area contributed by atoms with Gasteiger partial charge in [-0.15, -0.1) is 0 Å². The van der Waals surface area contributed by atoms with Crippen molar-refractivity contribution in [2.45, 2.75) is 24.0 Å². The largest absolute Gasteiger partial charge is 0.375 e. The Labute approximate surface area is 209 Å². The number of piperazine rings is 1. The third kappa shape index (κ3) is 4.21. The van der Waals surface area contributed by atoms with Crippen LogP contribution >= 0.6 is 0 Å². The Morgan fingerprint density at radius 2 is 1.50 bits per heavy atom. The molecular formula is C29H29F2N3O2. The van der Waals surface area contributed by atoms with Gasteiger partial charge in [-0.05, 0) is 53.4 Å². The molecule has 186 valence electrons. The number of carbonyl (C=O) groups excluding carboxylic acids is 1. The molecule has 7 heteroatoms. The summed E-state index contributed by atoms with van der Waals surface area (Å²) in [4.78, 5) is 17.6. The van der Waals surface area contributed by atoms with Crippen LogP contribution < -0.4 is 5.32 Å². The molecule has 1 amide bonds. The summed E-state index contributed by atoms with van der Waals surface area (Å²) >= 11 is 0. The number of fused-ring (bicyclic) bond motifs is 2. The van der Waals surface area contributed by atoms with Crippen molar-refractivity contribution < 1.29 is 18.3 Å². The Bertz CT molecular complexity index is 1200. The molecule has 2 saturated heterocycles. The molecule has 2 unspecified atom stereocenters. The quantitative estimate of drug-likeness (QED) is 0.579. The fourth-order valence-corrected chi connectivity index (χ4v) is 6.00. The van der Waals surface area contributed by atoms with Gasteiger partial charge in [0.1, 0.15) is 17.0 Å². The van der Waals surface area contributed by atoms with Gasteiger partial charge in [0.25, 0.3) is 0 Å². The van der Waals surface area contributed by atoms with E-state index in [-0.39, 0.29) is 29.7 Å². The predicted molar refractivity (Wildman–Crippen MR) is 134 cm³/mol. The Balaban J connectivity index is 1.13. The van der Waals surface area contributed by atoms with Crippen molar-refractivity contribution in [1.82, 2.24) is 9.80 Å². The van der Waals surface area contributed by atoms with E-state index in [1.54, 1.807) is 0 Å². The van der Waals surface area contributed by atoms with Gasteiger partial charge >= 0.3 is 0 Å². The molecule has 36 heavy (non-hydrogen) atoms. The Hall–Kier alpha value is -3.13. The number of benzene rings is 3. The van der Waals surface area contributed by atoms with Gasteiger partial charge < -0.3 is 10.1 Å². The van der Waals surface area contributed by atoms with E-state index >= 15 is 0 Å². The van der Waals surface area contributed by atoms with Crippen LogP contribution in [0, 0.1) is 11.6 Å². The number of amides is 1. The first-order valence-electron chi connectivity index (χ1n) is 12.5. The molecule has 2 atom stereocenters. The lowest BCUT2D eigenvalue weighted by Crippen LogP contribution is -2.49. The molecule has 3 aliphatic heterocycles. The summed E-state index contributed by atoms with van der Waals surface area (Å²) in [6.07, 6.45) is 0.683. The van der Waals surface area contributed by atoms with Crippen LogP contribution in [0.3, 0.4) is 0 Å². The molecule has 0 radical (unpaired) electrons. The van der Waals surface area contributed by atoms with E-state index in [9.17, 15) is 13.6 Å². The van der Waals surface area contributed by atoms with Crippen LogP contribution in [-0.4, -0.2) is 61.1 Å². The molecular weight excluding hydrogens is 460 g/mol. The van der Waals surface area contributed by atoms with Crippen LogP contribution in [0.5, 0.6) is 0 Å². The van der Waals surface area contributed by atoms with Crippen molar-refractivity contribution in [2.24, 2.45) is 0 Å². The fraction of sp³-hybridized carbons (Fsp3) is 0.345. The van der Waals surface area contributed by atoms with E-state index in [1.165, 1.54) is 24.3 Å². The minimum atomic E-state index is -0.584. The first kappa shape index (κ1) is 23.3. The summed E-state index contributed by atoms with van der Waals surface area (Å²) in [5, 5.41) is 3.02. The standard InChI is InChI=1S/C29H29F2N3O2/c30-22-9-5-20(6-10-22)27(21-7-11-23(31)12-8-21)34-15-13-33(14-16-34)18-24-17-29(19-36-24)25-3-1-2-4-26(25)32-28(29)35/h1-12,24,27H,13-19H2,(H,32,35). The monoisotopic (exact) mass is 489 g/mol. The highest BCUT2D eigenvalue weighted by molar-refractivity contribution is 6.06. The second kappa shape index (κ2) is 9.39. The molecule has 1 spiro atoms. The minimum absolute atomic E-state index is 0.00144. The average molecular weight is 490 g/mol. The highest BCUT2D eigenvalue weighted by Crippen LogP contribution is 2.45. The number of carbonyl (C=O) groups is 1. The number of ether oxygens (including phenoxy) is 1. The summed E-state index contributed by atoms with van der Waals surface area (Å²) in [5.41, 5.74) is 3.34. The van der Waals surface area contributed by atoms with Crippen molar-refractivity contribution in [1.29, 1.82) is 0 Å². The number of para-hydroxylation sites is 1. The molecule has 5 nitrogen and oxygen atoms in total. The molecule has 0 aliphatic carbocycles. The first-order valence-corrected chi connectivity index (χ1v) is 12.5. The van der Waals surface area contributed by atoms with E-state index in [1.807, 2.05) is 48.5 Å². The molecule has 3 aromatic rings. The average Bonchev–Trinajstić information content (AvgIpc) is 3.44. The number of hydrogen-bond acceptors (Lipinski definition) is 4. The molecule has 3 aromatic carbocycles. The SMILES string of the molecule is O=C1Nc2ccccc2C12COC(CN1CCN(C(c3ccc(F)cc3)c3ccc(F)cc3)CC1)C2. The fourth-order valence-electron chi connectivity index (χ4n) is 6.00. The van der Waals surface area contributed by atoms with Crippen LogP contribution in [0.1, 0.15) is 29.2 Å². The lowest BCUT2D eigenvalue weighted by atomic mass is 9.79. The number of rotatable bonds is 5. The van der Waals surface area contributed by atoms with Gasteiger partial charge in [-0.25, -0.2) is 8.78 Å². The van der Waals surface area contributed by atoms with Crippen molar-refractivity contribution in [2.75, 3.05) is 44.6 Å². The summed E-state index contributed by atoms with van der Waals surface area (Å²) in [6.45, 7) is 4.55. The van der Waals surface area contributed by atoms with Crippen molar-refractivity contribution in [3.8, 4) is 0 Å². The summed E-state index contributed by atoms with van der Waals surface area (Å²) in [6, 6.07) is 21.0. The third-order valence-electron chi connectivity index (χ3n) is 7.87. The second-order valence-electron chi connectivity index (χ2n) is 10.1. The summed E-state index contributed by atoms with van der Waals surface area (Å²) in [5.74, 6) is -0.499. The van der Waals surface area contributed by atoms with E-state index in [2.05, 4.69) is 15.1 Å². The van der Waals surface area contributed by atoms with Crippen molar-refractivity contribution in [3.63, 3.8) is 0 Å². The summed E-state index contributed by atoms with van der Waals surface area (Å²) in [7, 11) is 0. The van der Waals surface area contributed by atoms with Gasteiger partial charge in [0.15, 0.2) is 0 Å². The zero-order valence-corrected chi connectivity index (χ0v) is 20.0. The van der Waals surface area contributed by atoms with E-state index < -0.39 is 5.41 Å². The summed E-state index contributed by atoms with van der Waals surface area (Å²) < 4.78 is 33.4. The van der Waals surface area contributed by atoms with Crippen LogP contribution in [0.15, 0.2) is 72.8 Å². The number of hydrogen-bond donors (Lipinski definition) is 1. The van der Waals surface area contributed by atoms with Gasteiger partial charge in [-0.1, -0.05) is 42.5 Å². The van der Waals surface area contributed by atoms with Crippen LogP contribution in [0.2, 0.25) is 0 Å². The molecule has 3 heterocycles. The number of nitrogens with zero attached hydrogens (tertiary/aromatic N) is 2. The Kier molecular flexibility index (Phi) is 6.07. The maximum absolute atomic E-state index is 13.6.